The number of carboxylic acids is 1. The largest absolute Gasteiger partial charge is 0.481 e. The van der Waals surface area contributed by atoms with E-state index in [9.17, 15) is 19.5 Å². The first-order valence-corrected chi connectivity index (χ1v) is 11.5. The molecule has 2 fully saturated rings. The maximum Gasteiger partial charge on any atom is 0.307 e. The second kappa shape index (κ2) is 7.64. The molecule has 31 heavy (non-hydrogen) atoms. The van der Waals surface area contributed by atoms with Gasteiger partial charge in [0.2, 0.25) is 5.91 Å². The van der Waals surface area contributed by atoms with Gasteiger partial charge in [0.1, 0.15) is 5.00 Å². The Balaban J connectivity index is 1.46. The molecular weight excluding hydrogens is 412 g/mol. The van der Waals surface area contributed by atoms with Crippen molar-refractivity contribution >= 4 is 34.1 Å². The second-order valence-electron chi connectivity index (χ2n) is 8.79. The monoisotopic (exact) mass is 436 g/mol. The molecule has 3 aliphatic carbocycles. The van der Waals surface area contributed by atoms with Crippen LogP contribution in [0.4, 0.5) is 5.00 Å². The number of nitrogens with one attached hydrogen (secondary N) is 2. The quantitative estimate of drug-likeness (QED) is 0.595. The minimum atomic E-state index is -0.935. The number of fused-ring (bicyclic) bond motifs is 2. The van der Waals surface area contributed by atoms with Gasteiger partial charge < -0.3 is 15.7 Å². The lowest BCUT2D eigenvalue weighted by molar-refractivity contribution is -0.146. The molecule has 0 aliphatic heterocycles. The molecular formula is C24H24N2O4S. The fourth-order valence-corrected chi connectivity index (χ4v) is 5.79. The van der Waals surface area contributed by atoms with E-state index in [2.05, 4.69) is 10.6 Å². The number of carbonyl (C=O) groups excluding carboxylic acids is 2. The van der Waals surface area contributed by atoms with E-state index in [0.29, 0.717) is 17.0 Å². The van der Waals surface area contributed by atoms with Crippen LogP contribution in [0.5, 0.6) is 0 Å². The van der Waals surface area contributed by atoms with Crippen LogP contribution in [0.2, 0.25) is 0 Å². The van der Waals surface area contributed by atoms with Crippen LogP contribution in [0, 0.1) is 30.6 Å². The number of hydrogen-bond donors (Lipinski definition) is 3. The number of carbonyl (C=O) groups is 3. The Hall–Kier alpha value is -2.93. The number of carboxylic acid groups (broad SMARTS) is 1. The van der Waals surface area contributed by atoms with Crippen LogP contribution < -0.4 is 10.6 Å². The summed E-state index contributed by atoms with van der Waals surface area (Å²) in [5, 5.41) is 18.0. The molecule has 6 nitrogen and oxygen atoms in total. The molecule has 3 N–H and O–H groups in total. The summed E-state index contributed by atoms with van der Waals surface area (Å²) >= 11 is 1.31. The first kappa shape index (κ1) is 20.0. The Kier molecular flexibility index (Phi) is 4.93. The van der Waals surface area contributed by atoms with Gasteiger partial charge in [-0.3, -0.25) is 14.4 Å². The fraction of sp³-hybridized carbons (Fsp3) is 0.375. The SMILES string of the molecule is Cc1ccc(-c2csc(NC(=O)[C@H]3[C@H](C(=O)O)[C@H]4C=C[C@H]3C4)c2C(=O)NC2CC2)cc1. The van der Waals surface area contributed by atoms with E-state index in [1.54, 1.807) is 0 Å². The zero-order chi connectivity index (χ0) is 21.7. The van der Waals surface area contributed by atoms with Crippen molar-refractivity contribution in [2.45, 2.75) is 32.2 Å². The number of benzene rings is 1. The van der Waals surface area contributed by atoms with Crippen molar-refractivity contribution in [2.75, 3.05) is 5.32 Å². The summed E-state index contributed by atoms with van der Waals surface area (Å²) in [6, 6.07) is 8.12. The molecule has 0 radical (unpaired) electrons. The van der Waals surface area contributed by atoms with Crippen molar-refractivity contribution in [2.24, 2.45) is 23.7 Å². The van der Waals surface area contributed by atoms with Crippen LogP contribution in [-0.4, -0.2) is 28.9 Å². The Morgan fingerprint density at radius 3 is 2.35 bits per heavy atom. The highest BCUT2D eigenvalue weighted by molar-refractivity contribution is 7.15. The van der Waals surface area contributed by atoms with Gasteiger partial charge >= 0.3 is 5.97 Å². The summed E-state index contributed by atoms with van der Waals surface area (Å²) in [5.41, 5.74) is 3.27. The Labute approximate surface area is 184 Å². The van der Waals surface area contributed by atoms with Crippen LogP contribution in [0.15, 0.2) is 41.8 Å². The van der Waals surface area contributed by atoms with E-state index in [1.807, 2.05) is 48.7 Å². The number of allylic oxidation sites excluding steroid dienone is 2. The van der Waals surface area contributed by atoms with E-state index in [-0.39, 0.29) is 29.7 Å². The third-order valence-corrected chi connectivity index (χ3v) is 7.47. The molecule has 4 atom stereocenters. The van der Waals surface area contributed by atoms with E-state index in [0.717, 1.165) is 29.5 Å². The van der Waals surface area contributed by atoms with Gasteiger partial charge in [-0.15, -0.1) is 11.3 Å². The summed E-state index contributed by atoms with van der Waals surface area (Å²) in [7, 11) is 0. The summed E-state index contributed by atoms with van der Waals surface area (Å²) < 4.78 is 0. The summed E-state index contributed by atoms with van der Waals surface area (Å²) in [4.78, 5) is 38.1. The van der Waals surface area contributed by atoms with E-state index in [4.69, 9.17) is 0 Å². The van der Waals surface area contributed by atoms with Gasteiger partial charge in [-0.05, 0) is 43.6 Å². The lowest BCUT2D eigenvalue weighted by atomic mass is 9.82. The number of amides is 2. The van der Waals surface area contributed by atoms with Crippen molar-refractivity contribution in [3.63, 3.8) is 0 Å². The van der Waals surface area contributed by atoms with E-state index in [1.165, 1.54) is 11.3 Å². The molecule has 5 rings (SSSR count). The molecule has 3 aliphatic rings. The highest BCUT2D eigenvalue weighted by Gasteiger charge is 2.51. The zero-order valence-electron chi connectivity index (χ0n) is 17.1. The third kappa shape index (κ3) is 3.67. The van der Waals surface area contributed by atoms with Crippen molar-refractivity contribution < 1.29 is 19.5 Å². The lowest BCUT2D eigenvalue weighted by Crippen LogP contribution is -2.36. The Morgan fingerprint density at radius 1 is 1.03 bits per heavy atom. The molecule has 2 saturated carbocycles. The Bertz CT molecular complexity index is 1080. The topological polar surface area (TPSA) is 95.5 Å². The summed E-state index contributed by atoms with van der Waals surface area (Å²) in [5.74, 6) is -2.93. The fourth-order valence-electron chi connectivity index (χ4n) is 4.82. The van der Waals surface area contributed by atoms with Crippen LogP contribution in [0.1, 0.15) is 35.2 Å². The molecule has 0 unspecified atom stereocenters. The molecule has 1 aromatic carbocycles. The molecule has 0 saturated heterocycles. The van der Waals surface area contributed by atoms with Crippen molar-refractivity contribution in [1.82, 2.24) is 5.32 Å². The van der Waals surface area contributed by atoms with Gasteiger partial charge in [-0.25, -0.2) is 0 Å². The van der Waals surface area contributed by atoms with Crippen LogP contribution >= 0.6 is 11.3 Å². The maximum atomic E-state index is 13.2. The molecule has 0 spiro atoms. The number of anilines is 1. The standard InChI is InChI=1S/C24H24N2O4S/c1-12-2-4-13(5-3-12)17-11-31-23(20(17)22(28)25-16-8-9-16)26-21(27)18-14-6-7-15(10-14)19(18)24(29)30/h2-7,11,14-16,18-19H,8-10H2,1H3,(H,25,28)(H,26,27)(H,29,30)/t14-,15-,18+,19+/m0/s1. The Morgan fingerprint density at radius 2 is 1.71 bits per heavy atom. The minimum absolute atomic E-state index is 0.0635. The van der Waals surface area contributed by atoms with Gasteiger partial charge in [-0.1, -0.05) is 42.0 Å². The number of aryl methyl sites for hydroxylation is 1. The number of rotatable bonds is 6. The molecule has 2 aromatic rings. The average Bonchev–Trinajstić information content (AvgIpc) is 3.15. The van der Waals surface area contributed by atoms with Gasteiger partial charge in [0.15, 0.2) is 0 Å². The normalized spacial score (nSPS) is 26.1. The van der Waals surface area contributed by atoms with Gasteiger partial charge in [0, 0.05) is 17.0 Å². The van der Waals surface area contributed by atoms with Crippen molar-refractivity contribution in [3.8, 4) is 11.1 Å². The van der Waals surface area contributed by atoms with Crippen LogP contribution in [0.3, 0.4) is 0 Å². The summed E-state index contributed by atoms with van der Waals surface area (Å²) in [6.07, 6.45) is 6.51. The first-order chi connectivity index (χ1) is 14.9. The minimum Gasteiger partial charge on any atom is -0.481 e. The molecule has 1 heterocycles. The predicted octanol–water partition coefficient (Wildman–Crippen LogP) is 4.08. The van der Waals surface area contributed by atoms with Crippen molar-refractivity contribution in [3.05, 3.63) is 52.9 Å². The second-order valence-corrected chi connectivity index (χ2v) is 9.67. The first-order valence-electron chi connectivity index (χ1n) is 10.6. The molecule has 160 valence electrons. The molecule has 2 bridgehead atoms. The van der Waals surface area contributed by atoms with E-state index >= 15 is 0 Å². The third-order valence-electron chi connectivity index (χ3n) is 6.58. The van der Waals surface area contributed by atoms with Gasteiger partial charge in [0.25, 0.3) is 5.91 Å². The van der Waals surface area contributed by atoms with Crippen molar-refractivity contribution in [1.29, 1.82) is 0 Å². The van der Waals surface area contributed by atoms with Crippen LogP contribution in [0.25, 0.3) is 11.1 Å². The van der Waals surface area contributed by atoms with Gasteiger partial charge in [0.05, 0.1) is 17.4 Å². The smallest absolute Gasteiger partial charge is 0.307 e. The maximum absolute atomic E-state index is 13.2. The van der Waals surface area contributed by atoms with Gasteiger partial charge in [-0.2, -0.15) is 0 Å². The number of thiophene rings is 1. The zero-order valence-corrected chi connectivity index (χ0v) is 17.9. The molecule has 1 aromatic heterocycles. The predicted molar refractivity (Wildman–Crippen MR) is 119 cm³/mol. The highest BCUT2D eigenvalue weighted by atomic mass is 32.1. The number of hydrogen-bond acceptors (Lipinski definition) is 4. The lowest BCUT2D eigenvalue weighted by Gasteiger charge is -2.23. The number of aliphatic carboxylic acids is 1. The van der Waals surface area contributed by atoms with E-state index < -0.39 is 17.8 Å². The molecule has 2 amide bonds. The average molecular weight is 437 g/mol. The van der Waals surface area contributed by atoms with Crippen LogP contribution in [-0.2, 0) is 9.59 Å². The molecule has 7 heteroatoms. The summed E-state index contributed by atoms with van der Waals surface area (Å²) in [6.45, 7) is 2.01. The highest BCUT2D eigenvalue weighted by Crippen LogP contribution is 2.49.